The maximum absolute atomic E-state index is 12.5. The number of hydrogen-bond donors (Lipinski definition) is 3. The fourth-order valence-electron chi connectivity index (χ4n) is 11.3. The van der Waals surface area contributed by atoms with Crippen LogP contribution in [0.4, 0.5) is 0 Å². The van der Waals surface area contributed by atoms with E-state index in [2.05, 4.69) is 67.8 Å². The van der Waals surface area contributed by atoms with Gasteiger partial charge < -0.3 is 20.3 Å². The fraction of sp³-hybridized carbons (Fsp3) is 0.867. The number of carbonyl (C=O) groups excluding carboxylic acids is 2. The second-order valence-corrected chi connectivity index (χ2v) is 24.9. The number of hydrogen-bond acceptors (Lipinski definition) is 5. The molecule has 0 heterocycles. The highest BCUT2D eigenvalue weighted by Gasteiger charge is 2.20. The molecule has 1 amide bonds. The van der Waals surface area contributed by atoms with E-state index in [1.54, 1.807) is 0 Å². The molecule has 6 nitrogen and oxygen atoms in total. The Hall–Kier alpha value is -2.18. The molecule has 0 aliphatic heterocycles. The van der Waals surface area contributed by atoms with Gasteiger partial charge in [0, 0.05) is 12.8 Å². The van der Waals surface area contributed by atoms with E-state index < -0.39 is 12.1 Å². The van der Waals surface area contributed by atoms with Crippen LogP contribution in [0.25, 0.3) is 0 Å². The van der Waals surface area contributed by atoms with Crippen molar-refractivity contribution >= 4 is 11.9 Å². The lowest BCUT2D eigenvalue weighted by Gasteiger charge is -2.22. The lowest BCUT2D eigenvalue weighted by atomic mass is 10.0. The zero-order chi connectivity index (χ0) is 58.5. The zero-order valence-corrected chi connectivity index (χ0v) is 54.5. The highest BCUT2D eigenvalue weighted by atomic mass is 16.5. The average Bonchev–Trinajstić information content (AvgIpc) is 3.47. The van der Waals surface area contributed by atoms with Gasteiger partial charge in [-0.3, -0.25) is 9.59 Å². The Kier molecular flexibility index (Phi) is 68.4. The van der Waals surface area contributed by atoms with Crippen molar-refractivity contribution in [1.29, 1.82) is 0 Å². The van der Waals surface area contributed by atoms with Crippen LogP contribution < -0.4 is 5.32 Å². The van der Waals surface area contributed by atoms with Crippen LogP contribution in [0.3, 0.4) is 0 Å². The van der Waals surface area contributed by atoms with Gasteiger partial charge in [-0.15, -0.1) is 0 Å². The predicted molar refractivity (Wildman–Crippen MR) is 356 cm³/mol. The molecule has 81 heavy (non-hydrogen) atoms. The van der Waals surface area contributed by atoms with Gasteiger partial charge in [-0.1, -0.05) is 345 Å². The van der Waals surface area contributed by atoms with Crippen molar-refractivity contribution < 1.29 is 24.5 Å². The normalized spacial score (nSPS) is 12.8. The summed E-state index contributed by atoms with van der Waals surface area (Å²) in [5.74, 6) is -0.0328. The molecule has 0 saturated carbocycles. The van der Waals surface area contributed by atoms with Crippen LogP contribution in [0.15, 0.2) is 48.6 Å². The average molecular weight is 1140 g/mol. The van der Waals surface area contributed by atoms with Crippen molar-refractivity contribution in [3.05, 3.63) is 48.6 Å². The summed E-state index contributed by atoms with van der Waals surface area (Å²) in [5, 5.41) is 23.4. The third kappa shape index (κ3) is 66.8. The molecule has 2 atom stereocenters. The van der Waals surface area contributed by atoms with Gasteiger partial charge in [-0.2, -0.15) is 0 Å². The van der Waals surface area contributed by atoms with Crippen molar-refractivity contribution in [2.24, 2.45) is 0 Å². The van der Waals surface area contributed by atoms with Gasteiger partial charge in [0.15, 0.2) is 0 Å². The van der Waals surface area contributed by atoms with Crippen molar-refractivity contribution in [3.63, 3.8) is 0 Å². The molecule has 0 aromatic carbocycles. The molecular formula is C75H141NO5. The first-order chi connectivity index (χ1) is 40.0. The number of rotatable bonds is 68. The number of unbranched alkanes of at least 4 members (excludes halogenated alkanes) is 49. The smallest absolute Gasteiger partial charge is 0.305 e. The van der Waals surface area contributed by atoms with Crippen LogP contribution >= 0.6 is 0 Å². The third-order valence-corrected chi connectivity index (χ3v) is 16.8. The minimum absolute atomic E-state index is 0.00207. The van der Waals surface area contributed by atoms with Crippen LogP contribution in [0, 0.1) is 0 Å². The van der Waals surface area contributed by atoms with E-state index in [0.29, 0.717) is 25.9 Å². The van der Waals surface area contributed by atoms with E-state index in [1.165, 1.54) is 302 Å². The van der Waals surface area contributed by atoms with Gasteiger partial charge in [0.25, 0.3) is 0 Å². The van der Waals surface area contributed by atoms with Crippen molar-refractivity contribution in [1.82, 2.24) is 5.32 Å². The number of amides is 1. The first-order valence-corrected chi connectivity index (χ1v) is 36.4. The Morgan fingerprint density at radius 2 is 0.642 bits per heavy atom. The SMILES string of the molecule is CCC/C=C\C/C=C\CCCCCCCC(=O)OCCCCCCCCCCC/C=C\C/C=C\CCCCCCCCCCCCCCCCCC(=O)NC(CO)C(O)CCCCCCCCCCCCCCCCCCCCCC. The van der Waals surface area contributed by atoms with E-state index in [1.807, 2.05) is 0 Å². The van der Waals surface area contributed by atoms with E-state index in [9.17, 15) is 19.8 Å². The lowest BCUT2D eigenvalue weighted by Crippen LogP contribution is -2.45. The monoisotopic (exact) mass is 1140 g/mol. The number of aliphatic hydroxyl groups is 2. The Morgan fingerprint density at radius 3 is 0.988 bits per heavy atom. The van der Waals surface area contributed by atoms with Crippen molar-refractivity contribution in [3.8, 4) is 0 Å². The summed E-state index contributed by atoms with van der Waals surface area (Å²) in [6.07, 6.45) is 91.7. The minimum Gasteiger partial charge on any atom is -0.466 e. The van der Waals surface area contributed by atoms with E-state index in [-0.39, 0.29) is 18.5 Å². The highest BCUT2D eigenvalue weighted by Crippen LogP contribution is 2.19. The molecule has 0 bridgehead atoms. The van der Waals surface area contributed by atoms with Crippen molar-refractivity contribution in [2.45, 2.75) is 405 Å². The molecule has 0 fully saturated rings. The summed E-state index contributed by atoms with van der Waals surface area (Å²) in [6.45, 7) is 4.91. The topological polar surface area (TPSA) is 95.9 Å². The first kappa shape index (κ1) is 78.8. The van der Waals surface area contributed by atoms with Gasteiger partial charge in [-0.25, -0.2) is 0 Å². The molecule has 0 rings (SSSR count). The number of nitrogens with one attached hydrogen (secondary N) is 1. The van der Waals surface area contributed by atoms with Gasteiger partial charge in [0.2, 0.25) is 5.91 Å². The van der Waals surface area contributed by atoms with Gasteiger partial charge in [-0.05, 0) is 83.5 Å². The molecule has 0 saturated heterocycles. The van der Waals surface area contributed by atoms with E-state index in [4.69, 9.17) is 4.74 Å². The fourth-order valence-corrected chi connectivity index (χ4v) is 11.3. The quantitative estimate of drug-likeness (QED) is 0.0320. The van der Waals surface area contributed by atoms with Crippen LogP contribution in [0.5, 0.6) is 0 Å². The molecule has 0 spiro atoms. The summed E-state index contributed by atoms with van der Waals surface area (Å²) in [4.78, 5) is 24.6. The molecule has 0 aliphatic carbocycles. The predicted octanol–water partition coefficient (Wildman–Crippen LogP) is 23.6. The molecule has 476 valence electrons. The third-order valence-electron chi connectivity index (χ3n) is 16.8. The summed E-state index contributed by atoms with van der Waals surface area (Å²) in [7, 11) is 0. The number of allylic oxidation sites excluding steroid dienone is 8. The number of esters is 1. The highest BCUT2D eigenvalue weighted by molar-refractivity contribution is 5.76. The Bertz CT molecular complexity index is 1360. The summed E-state index contributed by atoms with van der Waals surface area (Å²) in [5.41, 5.74) is 0. The lowest BCUT2D eigenvalue weighted by molar-refractivity contribution is -0.143. The second-order valence-electron chi connectivity index (χ2n) is 24.9. The van der Waals surface area contributed by atoms with E-state index >= 15 is 0 Å². The Morgan fingerprint density at radius 1 is 0.346 bits per heavy atom. The molecule has 0 aromatic heterocycles. The van der Waals surface area contributed by atoms with Gasteiger partial charge >= 0.3 is 5.97 Å². The maximum atomic E-state index is 12.5. The molecule has 2 unspecified atom stereocenters. The zero-order valence-electron chi connectivity index (χ0n) is 54.5. The van der Waals surface area contributed by atoms with Gasteiger partial charge in [0.1, 0.15) is 0 Å². The molecule has 6 heteroatoms. The molecule has 3 N–H and O–H groups in total. The number of ether oxygens (including phenoxy) is 1. The standard InChI is InChI=1S/C75H141NO5/c1-3-5-7-9-11-13-15-17-18-19-20-34-37-40-44-47-51-55-59-63-67-73(78)72(71-77)76-74(79)68-64-60-56-52-48-45-41-38-35-32-30-28-26-24-22-21-23-25-27-29-31-33-36-39-42-46-50-54-58-62-66-70-81-75(80)69-65-61-57-53-49-43-16-14-12-10-8-6-4-2/h8,10,14,16,23,25,29,31,72-73,77-78H,3-7,9,11-13,15,17-22,24,26-28,30,32-71H2,1-2H3,(H,76,79)/b10-8-,16-14-,25-23-,31-29-. The van der Waals surface area contributed by atoms with Crippen LogP contribution in [0.2, 0.25) is 0 Å². The molecular weight excluding hydrogens is 995 g/mol. The van der Waals surface area contributed by atoms with Crippen molar-refractivity contribution in [2.75, 3.05) is 13.2 Å². The van der Waals surface area contributed by atoms with E-state index in [0.717, 1.165) is 57.8 Å². The molecule has 0 radical (unpaired) electrons. The first-order valence-electron chi connectivity index (χ1n) is 36.4. The maximum Gasteiger partial charge on any atom is 0.305 e. The Labute approximate surface area is 506 Å². The second kappa shape index (κ2) is 70.3. The minimum atomic E-state index is -0.665. The number of carbonyl (C=O) groups is 2. The molecule has 0 aliphatic rings. The summed E-state index contributed by atoms with van der Waals surface area (Å²) < 4.78 is 5.47. The largest absolute Gasteiger partial charge is 0.466 e. The Balaban J connectivity index is 3.40. The van der Waals surface area contributed by atoms with Crippen LogP contribution in [-0.4, -0.2) is 47.4 Å². The van der Waals surface area contributed by atoms with Crippen LogP contribution in [-0.2, 0) is 14.3 Å². The molecule has 0 aromatic rings. The number of aliphatic hydroxyl groups excluding tert-OH is 2. The summed E-state index contributed by atoms with van der Waals surface area (Å²) >= 11 is 0. The summed E-state index contributed by atoms with van der Waals surface area (Å²) in [6, 6.07) is -0.543. The van der Waals surface area contributed by atoms with Crippen LogP contribution in [0.1, 0.15) is 393 Å². The van der Waals surface area contributed by atoms with Gasteiger partial charge in [0.05, 0.1) is 25.4 Å².